The Hall–Kier alpha value is -3.60. The molecule has 2 aromatic rings. The van der Waals surface area contributed by atoms with Crippen LogP contribution in [0.3, 0.4) is 0 Å². The number of benzene rings is 3. The van der Waals surface area contributed by atoms with Gasteiger partial charge in [0.15, 0.2) is 0 Å². The Kier molecular flexibility index (Phi) is 3.92. The van der Waals surface area contributed by atoms with Gasteiger partial charge in [-0.15, -0.1) is 0 Å². The monoisotopic (exact) mass is 359 g/mol. The average molecular weight is 359 g/mol. The van der Waals surface area contributed by atoms with Gasteiger partial charge in [0, 0.05) is 34.3 Å². The van der Waals surface area contributed by atoms with Crippen LogP contribution in [0.2, 0.25) is 0 Å². The third-order valence-electron chi connectivity index (χ3n) is 4.67. The van der Waals surface area contributed by atoms with Crippen molar-refractivity contribution in [1.29, 1.82) is 0 Å². The van der Waals surface area contributed by atoms with Crippen molar-refractivity contribution in [3.05, 3.63) is 71.6 Å². The van der Waals surface area contributed by atoms with E-state index >= 15 is 0 Å². The minimum Gasteiger partial charge on any atom is -0.478 e. The molecule has 0 bridgehead atoms. The van der Waals surface area contributed by atoms with E-state index in [1.165, 1.54) is 0 Å². The number of carbonyl (C=O) groups is 1. The molecule has 0 spiro atoms. The summed E-state index contributed by atoms with van der Waals surface area (Å²) in [7, 11) is 3.92. The Bertz CT molecular complexity index is 1230. The average Bonchev–Trinajstić information content (AvgIpc) is 2.65. The Labute approximate surface area is 156 Å². The molecule has 27 heavy (non-hydrogen) atoms. The molecule has 0 atom stereocenters. The first kappa shape index (κ1) is 16.8. The van der Waals surface area contributed by atoms with Crippen molar-refractivity contribution in [3.8, 4) is 22.5 Å². The van der Waals surface area contributed by atoms with E-state index in [2.05, 4.69) is 0 Å². The van der Waals surface area contributed by atoms with Crippen molar-refractivity contribution in [2.24, 2.45) is 0 Å². The molecule has 3 N–H and O–H groups in total. The highest BCUT2D eigenvalue weighted by Crippen LogP contribution is 2.41. The van der Waals surface area contributed by atoms with Crippen LogP contribution in [-0.2, 0) is 0 Å². The number of nitrogens with two attached hydrogens (primary N) is 1. The second-order valence-corrected chi connectivity index (χ2v) is 6.66. The Balaban J connectivity index is 2.21. The number of hydrogen-bond acceptors (Lipinski definition) is 3. The number of nitrogen functional groups attached to an aromatic ring is 1. The number of anilines is 1. The van der Waals surface area contributed by atoms with E-state index in [1.54, 1.807) is 24.3 Å². The maximum absolute atomic E-state index is 11.8. The van der Waals surface area contributed by atoms with Gasteiger partial charge in [0.2, 0.25) is 5.36 Å². The van der Waals surface area contributed by atoms with E-state index in [0.29, 0.717) is 22.6 Å². The van der Waals surface area contributed by atoms with Crippen LogP contribution in [0.25, 0.3) is 33.4 Å². The molecule has 0 amide bonds. The molecule has 5 nitrogen and oxygen atoms in total. The first-order chi connectivity index (χ1) is 13.0. The molecule has 0 unspecified atom stereocenters. The molecule has 0 fully saturated rings. The zero-order valence-electron chi connectivity index (χ0n) is 15.1. The third kappa shape index (κ3) is 2.83. The minimum atomic E-state index is -0.965. The molecule has 2 aliphatic rings. The van der Waals surface area contributed by atoms with Crippen LogP contribution >= 0.6 is 0 Å². The van der Waals surface area contributed by atoms with Crippen LogP contribution in [0, 0.1) is 0 Å². The van der Waals surface area contributed by atoms with Gasteiger partial charge in [0.1, 0.15) is 25.4 Å². The van der Waals surface area contributed by atoms with E-state index in [1.807, 2.05) is 55.1 Å². The van der Waals surface area contributed by atoms with E-state index in [-0.39, 0.29) is 5.56 Å². The van der Waals surface area contributed by atoms with E-state index in [4.69, 9.17) is 10.2 Å². The van der Waals surface area contributed by atoms with Gasteiger partial charge in [0.05, 0.1) is 11.6 Å². The highest BCUT2D eigenvalue weighted by molar-refractivity contribution is 6.07. The summed E-state index contributed by atoms with van der Waals surface area (Å²) in [6.07, 6.45) is 0. The molecule has 5 heteroatoms. The lowest BCUT2D eigenvalue weighted by Gasteiger charge is -2.16. The molecule has 1 heterocycles. The van der Waals surface area contributed by atoms with E-state index < -0.39 is 5.97 Å². The van der Waals surface area contributed by atoms with Crippen molar-refractivity contribution in [1.82, 2.24) is 4.58 Å². The molecule has 2 aromatic carbocycles. The second-order valence-electron chi connectivity index (χ2n) is 6.66. The summed E-state index contributed by atoms with van der Waals surface area (Å²) in [4.78, 5) is 11.8. The maximum atomic E-state index is 11.8. The number of carboxylic acid groups (broad SMARTS) is 1. The molecule has 0 aromatic heterocycles. The summed E-state index contributed by atoms with van der Waals surface area (Å²) in [6, 6.07) is 18.4. The van der Waals surface area contributed by atoms with Crippen LogP contribution in [0.15, 0.2) is 65.1 Å². The topological polar surface area (TPSA) is 79.5 Å². The predicted octanol–water partition coefficient (Wildman–Crippen LogP) is 3.52. The van der Waals surface area contributed by atoms with Crippen LogP contribution < -0.4 is 15.7 Å². The SMILES string of the molecule is C[N+](C)=c1ccc2c(-c3ccccc3C(=O)O)c3ccc(N)cc3oc-2c1. The molecule has 4 rings (SSSR count). The van der Waals surface area contributed by atoms with Crippen molar-refractivity contribution in [3.63, 3.8) is 0 Å². The van der Waals surface area contributed by atoms with Gasteiger partial charge in [-0.25, -0.2) is 9.37 Å². The van der Waals surface area contributed by atoms with Gasteiger partial charge in [-0.1, -0.05) is 18.2 Å². The standard InChI is InChI=1S/C22H18N2O3/c1-24(2)14-8-10-18-20(12-14)27-19-11-13(23)7-9-17(19)21(18)15-5-3-4-6-16(15)22(25)26/h3-12,23H,1-2H3,(H,25,26)/p+1. The largest absolute Gasteiger partial charge is 0.478 e. The van der Waals surface area contributed by atoms with Crippen molar-refractivity contribution in [2.45, 2.75) is 0 Å². The van der Waals surface area contributed by atoms with Crippen LogP contribution in [0.5, 0.6) is 0 Å². The fourth-order valence-electron chi connectivity index (χ4n) is 3.35. The first-order valence-corrected chi connectivity index (χ1v) is 8.55. The van der Waals surface area contributed by atoms with Gasteiger partial charge in [-0.05, 0) is 29.8 Å². The molecule has 1 aliphatic heterocycles. The summed E-state index contributed by atoms with van der Waals surface area (Å²) in [5.41, 5.74) is 9.74. The van der Waals surface area contributed by atoms with Crippen LogP contribution in [-0.4, -0.2) is 25.2 Å². The molecular formula is C22H19N2O3+. The molecule has 1 aliphatic carbocycles. The van der Waals surface area contributed by atoms with Crippen molar-refractivity contribution < 1.29 is 14.3 Å². The van der Waals surface area contributed by atoms with Gasteiger partial charge in [0.25, 0.3) is 0 Å². The predicted molar refractivity (Wildman–Crippen MR) is 107 cm³/mol. The third-order valence-corrected chi connectivity index (χ3v) is 4.67. The Morgan fingerprint density at radius 2 is 1.78 bits per heavy atom. The van der Waals surface area contributed by atoms with Gasteiger partial charge in [-0.3, -0.25) is 0 Å². The quantitative estimate of drug-likeness (QED) is 0.326. The molecule has 0 saturated heterocycles. The zero-order chi connectivity index (χ0) is 19.1. The maximum Gasteiger partial charge on any atom is 0.336 e. The lowest BCUT2D eigenvalue weighted by atomic mass is 9.91. The molecule has 134 valence electrons. The summed E-state index contributed by atoms with van der Waals surface area (Å²) in [5.74, 6) is -0.289. The number of carboxylic acids is 1. The van der Waals surface area contributed by atoms with Crippen LogP contribution in [0.1, 0.15) is 10.4 Å². The van der Waals surface area contributed by atoms with Crippen molar-refractivity contribution in [2.75, 3.05) is 19.8 Å². The van der Waals surface area contributed by atoms with Gasteiger partial charge >= 0.3 is 5.97 Å². The normalized spacial score (nSPS) is 11.0. The smallest absolute Gasteiger partial charge is 0.336 e. The fourth-order valence-corrected chi connectivity index (χ4v) is 3.35. The summed E-state index contributed by atoms with van der Waals surface area (Å²) < 4.78 is 8.12. The molecule has 0 saturated carbocycles. The van der Waals surface area contributed by atoms with Gasteiger partial charge in [-0.2, -0.15) is 0 Å². The molecule has 0 radical (unpaired) electrons. The lowest BCUT2D eigenvalue weighted by Crippen LogP contribution is -2.21. The Morgan fingerprint density at radius 3 is 2.52 bits per heavy atom. The van der Waals surface area contributed by atoms with E-state index in [9.17, 15) is 9.90 Å². The fraction of sp³-hybridized carbons (Fsp3) is 0.0909. The highest BCUT2D eigenvalue weighted by atomic mass is 16.4. The van der Waals surface area contributed by atoms with Crippen LogP contribution in [0.4, 0.5) is 5.69 Å². The first-order valence-electron chi connectivity index (χ1n) is 8.55. The zero-order valence-corrected chi connectivity index (χ0v) is 15.1. The van der Waals surface area contributed by atoms with Crippen molar-refractivity contribution >= 4 is 22.6 Å². The highest BCUT2D eigenvalue weighted by Gasteiger charge is 2.21. The number of fused-ring (bicyclic) bond motifs is 2. The molecular weight excluding hydrogens is 340 g/mol. The lowest BCUT2D eigenvalue weighted by molar-refractivity contribution is 0.0697. The summed E-state index contributed by atoms with van der Waals surface area (Å²) >= 11 is 0. The van der Waals surface area contributed by atoms with E-state index in [0.717, 1.165) is 21.9 Å². The minimum absolute atomic E-state index is 0.250. The Morgan fingerprint density at radius 1 is 1.00 bits per heavy atom. The summed E-state index contributed by atoms with van der Waals surface area (Å²) in [6.45, 7) is 0. The second kappa shape index (κ2) is 6.29. The number of rotatable bonds is 2. The summed E-state index contributed by atoms with van der Waals surface area (Å²) in [5, 5.41) is 11.5. The number of hydrogen-bond donors (Lipinski definition) is 2. The number of aromatic carboxylic acids is 1. The van der Waals surface area contributed by atoms with Gasteiger partial charge < -0.3 is 15.3 Å². The number of nitrogens with zero attached hydrogens (tertiary/aromatic N) is 1.